The molecule has 0 spiro atoms. The van der Waals surface area contributed by atoms with E-state index in [-0.39, 0.29) is 12.3 Å². The molecule has 0 unspecified atom stereocenters. The number of nitrogens with zero attached hydrogens (tertiary/aromatic N) is 2. The summed E-state index contributed by atoms with van der Waals surface area (Å²) < 4.78 is 27.4. The molecule has 0 bridgehead atoms. The smallest absolute Gasteiger partial charge is 0.240 e. The highest BCUT2D eigenvalue weighted by atomic mass is 32.2. The van der Waals surface area contributed by atoms with E-state index in [1.807, 2.05) is 0 Å². The molecular weight excluding hydrogens is 254 g/mol. The average Bonchev–Trinajstić information content (AvgIpc) is 2.75. The first-order valence-corrected chi connectivity index (χ1v) is 7.34. The molecule has 0 aliphatic carbocycles. The molecule has 0 fully saturated rings. The Bertz CT molecular complexity index is 649. The number of sulfone groups is 1. The maximum absolute atomic E-state index is 11.2. The Balaban J connectivity index is 2.32. The quantitative estimate of drug-likeness (QED) is 0.877. The van der Waals surface area contributed by atoms with E-state index in [1.165, 1.54) is 6.26 Å². The van der Waals surface area contributed by atoms with Crippen molar-refractivity contribution < 1.29 is 12.9 Å². The Morgan fingerprint density at radius 1 is 1.39 bits per heavy atom. The second kappa shape index (κ2) is 4.87. The van der Waals surface area contributed by atoms with Crippen LogP contribution in [-0.4, -0.2) is 24.8 Å². The summed E-state index contributed by atoms with van der Waals surface area (Å²) in [6, 6.07) is 7.02. The van der Waals surface area contributed by atoms with E-state index in [1.54, 1.807) is 24.3 Å². The van der Waals surface area contributed by atoms with Crippen LogP contribution in [0.25, 0.3) is 11.4 Å². The van der Waals surface area contributed by atoms with E-state index in [9.17, 15) is 8.42 Å². The molecule has 0 aliphatic heterocycles. The molecular formula is C11H13N3O3S. The van der Waals surface area contributed by atoms with Crippen molar-refractivity contribution in [3.63, 3.8) is 0 Å². The summed E-state index contributed by atoms with van der Waals surface area (Å²) >= 11 is 0. The molecule has 0 saturated carbocycles. The van der Waals surface area contributed by atoms with Crippen LogP contribution in [0, 0.1) is 0 Å². The lowest BCUT2D eigenvalue weighted by molar-refractivity contribution is 0.380. The molecule has 1 aromatic heterocycles. The number of aromatic nitrogens is 2. The Morgan fingerprint density at radius 2 is 2.17 bits per heavy atom. The van der Waals surface area contributed by atoms with Gasteiger partial charge in [0.15, 0.2) is 9.84 Å². The normalized spacial score (nSPS) is 11.7. The molecule has 2 aromatic rings. The van der Waals surface area contributed by atoms with Gasteiger partial charge in [-0.3, -0.25) is 0 Å². The lowest BCUT2D eigenvalue weighted by Gasteiger charge is -2.01. The van der Waals surface area contributed by atoms with Crippen LogP contribution in [-0.2, 0) is 22.1 Å². The van der Waals surface area contributed by atoms with Crippen LogP contribution < -0.4 is 5.73 Å². The highest BCUT2D eigenvalue weighted by Gasteiger charge is 2.10. The molecule has 0 radical (unpaired) electrons. The fourth-order valence-electron chi connectivity index (χ4n) is 1.56. The van der Waals surface area contributed by atoms with Crippen molar-refractivity contribution in [2.75, 3.05) is 6.26 Å². The van der Waals surface area contributed by atoms with Crippen LogP contribution in [0.5, 0.6) is 0 Å². The largest absolute Gasteiger partial charge is 0.338 e. The molecule has 0 atom stereocenters. The highest BCUT2D eigenvalue weighted by molar-refractivity contribution is 7.89. The summed E-state index contributed by atoms with van der Waals surface area (Å²) in [6.45, 7) is 0.177. The minimum Gasteiger partial charge on any atom is -0.338 e. The van der Waals surface area contributed by atoms with E-state index >= 15 is 0 Å². The molecule has 2 N–H and O–H groups in total. The van der Waals surface area contributed by atoms with Gasteiger partial charge in [0.25, 0.3) is 0 Å². The molecule has 18 heavy (non-hydrogen) atoms. The zero-order valence-electron chi connectivity index (χ0n) is 9.83. The first-order valence-electron chi connectivity index (χ1n) is 5.27. The number of rotatable bonds is 4. The summed E-state index contributed by atoms with van der Waals surface area (Å²) in [5.74, 6) is 0.743. The number of nitrogens with two attached hydrogens (primary N) is 1. The fourth-order valence-corrected chi connectivity index (χ4v) is 2.34. The fraction of sp³-hybridized carbons (Fsp3) is 0.273. The topological polar surface area (TPSA) is 99.1 Å². The summed E-state index contributed by atoms with van der Waals surface area (Å²) in [5, 5.41) is 3.78. The minimum atomic E-state index is -3.06. The molecule has 0 aliphatic rings. The second-order valence-corrected chi connectivity index (χ2v) is 6.13. The monoisotopic (exact) mass is 267 g/mol. The van der Waals surface area contributed by atoms with Crippen molar-refractivity contribution in [1.82, 2.24) is 10.1 Å². The molecule has 0 amide bonds. The zero-order chi connectivity index (χ0) is 13.2. The van der Waals surface area contributed by atoms with E-state index in [0.29, 0.717) is 22.8 Å². The third-order valence-electron chi connectivity index (χ3n) is 2.26. The first-order chi connectivity index (χ1) is 8.48. The number of hydrogen-bond donors (Lipinski definition) is 1. The van der Waals surface area contributed by atoms with Crippen molar-refractivity contribution in [1.29, 1.82) is 0 Å². The summed E-state index contributed by atoms with van der Waals surface area (Å²) in [7, 11) is -3.06. The van der Waals surface area contributed by atoms with Gasteiger partial charge in [0.1, 0.15) is 0 Å². The van der Waals surface area contributed by atoms with Gasteiger partial charge in [-0.05, 0) is 11.6 Å². The van der Waals surface area contributed by atoms with Gasteiger partial charge in [0.2, 0.25) is 11.7 Å². The highest BCUT2D eigenvalue weighted by Crippen LogP contribution is 2.18. The molecule has 7 heteroatoms. The molecule has 1 aromatic carbocycles. The Morgan fingerprint density at radius 3 is 2.78 bits per heavy atom. The van der Waals surface area contributed by atoms with Gasteiger partial charge in [-0.25, -0.2) is 8.42 Å². The molecule has 96 valence electrons. The van der Waals surface area contributed by atoms with Crippen LogP contribution in [0.3, 0.4) is 0 Å². The SMILES string of the molecule is CS(=O)(=O)Cc1cccc(-c2noc(CN)n2)c1. The zero-order valence-corrected chi connectivity index (χ0v) is 10.6. The van der Waals surface area contributed by atoms with Crippen molar-refractivity contribution in [3.8, 4) is 11.4 Å². The summed E-state index contributed by atoms with van der Waals surface area (Å²) in [4.78, 5) is 4.08. The third-order valence-corrected chi connectivity index (χ3v) is 3.11. The van der Waals surface area contributed by atoms with Crippen molar-refractivity contribution >= 4 is 9.84 Å². The van der Waals surface area contributed by atoms with Gasteiger partial charge in [-0.15, -0.1) is 0 Å². The minimum absolute atomic E-state index is 0.0115. The maximum Gasteiger partial charge on any atom is 0.240 e. The van der Waals surface area contributed by atoms with Crippen molar-refractivity contribution in [2.45, 2.75) is 12.3 Å². The summed E-state index contributed by atoms with van der Waals surface area (Å²) in [5.41, 5.74) is 6.78. The van der Waals surface area contributed by atoms with Gasteiger partial charge < -0.3 is 10.3 Å². The Hall–Kier alpha value is -1.73. The standard InChI is InChI=1S/C11H13N3O3S/c1-18(15,16)7-8-3-2-4-9(5-8)11-13-10(6-12)17-14-11/h2-5H,6-7,12H2,1H3. The molecule has 6 nitrogen and oxygen atoms in total. The van der Waals surface area contributed by atoms with Gasteiger partial charge in [-0.1, -0.05) is 23.4 Å². The predicted octanol–water partition coefficient (Wildman–Crippen LogP) is 0.740. The number of hydrogen-bond acceptors (Lipinski definition) is 6. The van der Waals surface area contributed by atoms with Crippen LogP contribution in [0.4, 0.5) is 0 Å². The van der Waals surface area contributed by atoms with Gasteiger partial charge in [-0.2, -0.15) is 4.98 Å². The molecule has 2 rings (SSSR count). The maximum atomic E-state index is 11.2. The van der Waals surface area contributed by atoms with E-state index in [0.717, 1.165) is 0 Å². The van der Waals surface area contributed by atoms with Crippen LogP contribution in [0.15, 0.2) is 28.8 Å². The Kier molecular flexibility index (Phi) is 3.44. The summed E-state index contributed by atoms with van der Waals surface area (Å²) in [6.07, 6.45) is 1.19. The van der Waals surface area contributed by atoms with Crippen LogP contribution in [0.1, 0.15) is 11.5 Å². The van der Waals surface area contributed by atoms with Crippen LogP contribution in [0.2, 0.25) is 0 Å². The third kappa shape index (κ3) is 3.14. The van der Waals surface area contributed by atoms with Crippen molar-refractivity contribution in [3.05, 3.63) is 35.7 Å². The van der Waals surface area contributed by atoms with E-state index in [2.05, 4.69) is 10.1 Å². The average molecular weight is 267 g/mol. The number of benzene rings is 1. The molecule has 1 heterocycles. The second-order valence-electron chi connectivity index (χ2n) is 3.99. The lowest BCUT2D eigenvalue weighted by Crippen LogP contribution is -2.00. The van der Waals surface area contributed by atoms with E-state index < -0.39 is 9.84 Å². The van der Waals surface area contributed by atoms with Crippen molar-refractivity contribution in [2.24, 2.45) is 5.73 Å². The van der Waals surface area contributed by atoms with Gasteiger partial charge in [0.05, 0.1) is 12.3 Å². The van der Waals surface area contributed by atoms with Crippen LogP contribution >= 0.6 is 0 Å². The predicted molar refractivity (Wildman–Crippen MR) is 66.2 cm³/mol. The lowest BCUT2D eigenvalue weighted by atomic mass is 10.1. The van der Waals surface area contributed by atoms with E-state index in [4.69, 9.17) is 10.3 Å². The van der Waals surface area contributed by atoms with Gasteiger partial charge >= 0.3 is 0 Å². The Labute approximate surface area is 105 Å². The first kappa shape index (κ1) is 12.7. The van der Waals surface area contributed by atoms with Gasteiger partial charge in [0, 0.05) is 11.8 Å². The molecule has 0 saturated heterocycles.